The molecule has 14 heavy (non-hydrogen) atoms. The van der Waals surface area contributed by atoms with E-state index in [0.717, 1.165) is 6.08 Å². The Kier molecular flexibility index (Phi) is 6.25. The zero-order chi connectivity index (χ0) is 11.0. The number of hydrogen-bond donors (Lipinski definition) is 2. The summed E-state index contributed by atoms with van der Waals surface area (Å²) in [7, 11) is -3.97. The molecule has 0 aromatic carbocycles. The molecule has 1 radical (unpaired) electrons. The first-order valence-corrected chi connectivity index (χ1v) is 5.08. The van der Waals surface area contributed by atoms with Crippen molar-refractivity contribution < 1.29 is 27.9 Å². The van der Waals surface area contributed by atoms with Gasteiger partial charge in [-0.3, -0.25) is 4.79 Å². The molecular formula is C6H13N2O5S+2. The largest absolute Gasteiger partial charge is 0.597 e. The fourth-order valence-corrected chi connectivity index (χ4v) is 0.941. The molecule has 0 heterocycles. The second kappa shape index (κ2) is 6.62. The molecule has 0 aromatic heterocycles. The molecule has 0 aromatic rings. The summed E-state index contributed by atoms with van der Waals surface area (Å²) < 4.78 is 29.2. The molecule has 81 valence electrons. The molecule has 0 saturated carbocycles. The molecule has 4 N–H and O–H groups in total. The predicted molar refractivity (Wildman–Crippen MR) is 46.5 cm³/mol. The van der Waals surface area contributed by atoms with E-state index in [4.69, 9.17) is 0 Å². The highest BCUT2D eigenvalue weighted by atomic mass is 32.3. The molecule has 1 atom stereocenters. The van der Waals surface area contributed by atoms with E-state index in [9.17, 15) is 13.6 Å². The Balaban J connectivity index is 3.43. The third-order valence-corrected chi connectivity index (χ3v) is 1.92. The SMILES string of the molecule is C=CC(=O)NCCCO[S+]([O])(=O)O[NH3+]. The lowest BCUT2D eigenvalue weighted by atomic mass is 10.4. The Bertz CT molecular complexity index is 244. The van der Waals surface area contributed by atoms with Crippen molar-refractivity contribution in [3.05, 3.63) is 12.7 Å². The van der Waals surface area contributed by atoms with Crippen LogP contribution in [0.2, 0.25) is 0 Å². The number of amides is 1. The normalized spacial score (nSPS) is 14.4. The van der Waals surface area contributed by atoms with E-state index in [1.54, 1.807) is 0 Å². The van der Waals surface area contributed by atoms with Gasteiger partial charge in [0.2, 0.25) is 5.91 Å². The monoisotopic (exact) mass is 225 g/mol. The highest BCUT2D eigenvalue weighted by Gasteiger charge is 2.35. The van der Waals surface area contributed by atoms with Crippen LogP contribution in [0.15, 0.2) is 12.7 Å². The zero-order valence-corrected chi connectivity index (χ0v) is 8.38. The summed E-state index contributed by atoms with van der Waals surface area (Å²) in [5.74, 6) is 2.38. The summed E-state index contributed by atoms with van der Waals surface area (Å²) in [6.45, 7) is 3.47. The van der Waals surface area contributed by atoms with Gasteiger partial charge in [0.15, 0.2) is 0 Å². The van der Waals surface area contributed by atoms with Crippen LogP contribution >= 0.6 is 0 Å². The van der Waals surface area contributed by atoms with Gasteiger partial charge >= 0.3 is 10.8 Å². The molecule has 0 rings (SSSR count). The number of quaternary nitrogens is 1. The number of rotatable bonds is 7. The first-order valence-electron chi connectivity index (χ1n) is 3.75. The van der Waals surface area contributed by atoms with Crippen molar-refractivity contribution in [3.63, 3.8) is 0 Å². The van der Waals surface area contributed by atoms with Gasteiger partial charge in [-0.2, -0.15) is 5.90 Å². The third-order valence-electron chi connectivity index (χ3n) is 1.18. The molecule has 1 amide bonds. The first kappa shape index (κ1) is 13.2. The van der Waals surface area contributed by atoms with E-state index in [-0.39, 0.29) is 12.5 Å². The second-order valence-electron chi connectivity index (χ2n) is 2.20. The molecule has 0 saturated heterocycles. The number of carbonyl (C=O) groups excluding carboxylic acids is 1. The van der Waals surface area contributed by atoms with Crippen LogP contribution in [-0.2, 0) is 32.8 Å². The van der Waals surface area contributed by atoms with Crippen LogP contribution in [0.5, 0.6) is 0 Å². The number of hydrogen-bond acceptors (Lipinski definition) is 4. The summed E-state index contributed by atoms with van der Waals surface area (Å²) in [6, 6.07) is 0. The maximum atomic E-state index is 10.6. The highest BCUT2D eigenvalue weighted by molar-refractivity contribution is 7.88. The summed E-state index contributed by atoms with van der Waals surface area (Å²) in [5.41, 5.74) is 0. The van der Waals surface area contributed by atoms with Crippen molar-refractivity contribution >= 4 is 16.7 Å². The predicted octanol–water partition coefficient (Wildman–Crippen LogP) is -1.46. The van der Waals surface area contributed by atoms with Crippen molar-refractivity contribution in [1.29, 1.82) is 0 Å². The minimum absolute atomic E-state index is 0.0741. The molecule has 7 nitrogen and oxygen atoms in total. The minimum Gasteiger partial charge on any atom is -0.352 e. The number of nitrogens with one attached hydrogen (secondary N) is 1. The summed E-state index contributed by atoms with van der Waals surface area (Å²) >= 11 is 0. The molecule has 8 heteroatoms. The molecule has 1 unspecified atom stereocenters. The smallest absolute Gasteiger partial charge is 0.352 e. The van der Waals surface area contributed by atoms with Gasteiger partial charge in [-0.25, -0.2) is 0 Å². The van der Waals surface area contributed by atoms with Crippen molar-refractivity contribution in [2.45, 2.75) is 6.42 Å². The van der Waals surface area contributed by atoms with Crippen LogP contribution in [0.3, 0.4) is 0 Å². The lowest BCUT2D eigenvalue weighted by Gasteiger charge is -1.99. The highest BCUT2D eigenvalue weighted by Crippen LogP contribution is 2.00. The van der Waals surface area contributed by atoms with Crippen molar-refractivity contribution in [2.24, 2.45) is 0 Å². The minimum atomic E-state index is -3.97. The van der Waals surface area contributed by atoms with E-state index < -0.39 is 10.8 Å². The van der Waals surface area contributed by atoms with Gasteiger partial charge in [0.1, 0.15) is 11.2 Å². The molecule has 0 spiro atoms. The Morgan fingerprint density at radius 3 is 2.79 bits per heavy atom. The van der Waals surface area contributed by atoms with E-state index in [0.29, 0.717) is 13.0 Å². The van der Waals surface area contributed by atoms with Gasteiger partial charge in [-0.05, 0) is 12.5 Å². The topological polar surface area (TPSA) is 112 Å². The van der Waals surface area contributed by atoms with Crippen molar-refractivity contribution in [2.75, 3.05) is 13.2 Å². The maximum absolute atomic E-state index is 10.6. The van der Waals surface area contributed by atoms with Gasteiger partial charge in [-0.1, -0.05) is 6.58 Å². The molecule has 0 fully saturated rings. The zero-order valence-electron chi connectivity index (χ0n) is 7.56. The van der Waals surface area contributed by atoms with Crippen LogP contribution in [0.25, 0.3) is 0 Å². The van der Waals surface area contributed by atoms with Gasteiger partial charge in [0.05, 0.1) is 4.28 Å². The lowest BCUT2D eigenvalue weighted by Crippen LogP contribution is -2.53. The van der Waals surface area contributed by atoms with E-state index in [1.807, 2.05) is 0 Å². The van der Waals surface area contributed by atoms with Gasteiger partial charge in [-0.15, -0.1) is 4.18 Å². The molecule has 0 bridgehead atoms. The third kappa shape index (κ3) is 6.69. The quantitative estimate of drug-likeness (QED) is 0.239. The average molecular weight is 225 g/mol. The van der Waals surface area contributed by atoms with Crippen LogP contribution in [-0.4, -0.2) is 19.1 Å². The molecule has 0 aliphatic carbocycles. The van der Waals surface area contributed by atoms with Gasteiger partial charge < -0.3 is 5.32 Å². The van der Waals surface area contributed by atoms with Crippen LogP contribution in [0.1, 0.15) is 6.42 Å². The van der Waals surface area contributed by atoms with Crippen LogP contribution < -0.4 is 11.2 Å². The summed E-state index contributed by atoms with van der Waals surface area (Å²) in [4.78, 5) is 10.6. The van der Waals surface area contributed by atoms with Gasteiger partial charge in [0, 0.05) is 10.8 Å². The van der Waals surface area contributed by atoms with Crippen molar-refractivity contribution in [3.8, 4) is 0 Å². The molecule has 0 aliphatic rings. The van der Waals surface area contributed by atoms with Gasteiger partial charge in [0.25, 0.3) is 0 Å². The Morgan fingerprint density at radius 1 is 1.64 bits per heavy atom. The summed E-state index contributed by atoms with van der Waals surface area (Å²) in [6.07, 6.45) is 1.47. The molecule has 0 aliphatic heterocycles. The van der Waals surface area contributed by atoms with E-state index >= 15 is 0 Å². The van der Waals surface area contributed by atoms with Crippen LogP contribution in [0.4, 0.5) is 0 Å². The van der Waals surface area contributed by atoms with Crippen molar-refractivity contribution in [1.82, 2.24) is 5.32 Å². The standard InChI is InChI=1S/C6H12N2O5S/c1-2-6(9)8-4-3-5-12-14(10,11)13-7/h2H,1,3-5H2,7H3/q+1/p+1. The molecular weight excluding hydrogens is 212 g/mol. The maximum Gasteiger partial charge on any atom is 0.597 e. The average Bonchev–Trinajstić information content (AvgIpc) is 2.17. The first-order chi connectivity index (χ1) is 6.52. The summed E-state index contributed by atoms with van der Waals surface area (Å²) in [5, 5.41) is 2.45. The van der Waals surface area contributed by atoms with E-state index in [2.05, 4.69) is 26.3 Å². The lowest BCUT2D eigenvalue weighted by molar-refractivity contribution is -0.640. The fourth-order valence-electron chi connectivity index (χ4n) is 0.551. The Labute approximate surface area is 82.9 Å². The Hall–Kier alpha value is -0.800. The second-order valence-corrected chi connectivity index (χ2v) is 3.48. The Morgan fingerprint density at radius 2 is 2.29 bits per heavy atom. The van der Waals surface area contributed by atoms with Crippen LogP contribution in [0, 0.1) is 0 Å². The number of carbonyl (C=O) groups is 1. The fraction of sp³-hybridized carbons (Fsp3) is 0.500. The van der Waals surface area contributed by atoms with E-state index in [1.165, 1.54) is 0 Å².